The summed E-state index contributed by atoms with van der Waals surface area (Å²) in [7, 11) is 1.66. The minimum absolute atomic E-state index is 0.0535. The van der Waals surface area contributed by atoms with Gasteiger partial charge in [0.05, 0.1) is 13.2 Å². The average molecular weight is 369 g/mol. The molecule has 3 heterocycles. The number of amides is 1. The van der Waals surface area contributed by atoms with Crippen molar-refractivity contribution in [2.75, 3.05) is 13.7 Å². The van der Waals surface area contributed by atoms with Gasteiger partial charge in [-0.2, -0.15) is 0 Å². The molecule has 4 rings (SSSR count). The van der Waals surface area contributed by atoms with E-state index < -0.39 is 0 Å². The zero-order valence-electron chi connectivity index (χ0n) is 15.1. The SMILES string of the molecule is COc1cc2c(cc1/C=C/C(=O)N1CCCC1c1cccs1)OC(C)C2. The van der Waals surface area contributed by atoms with E-state index in [4.69, 9.17) is 9.47 Å². The van der Waals surface area contributed by atoms with E-state index in [0.29, 0.717) is 0 Å². The molecule has 1 aromatic carbocycles. The first kappa shape index (κ1) is 17.2. The first-order valence-electron chi connectivity index (χ1n) is 9.05. The van der Waals surface area contributed by atoms with Gasteiger partial charge >= 0.3 is 0 Å². The third-order valence-electron chi connectivity index (χ3n) is 5.06. The Morgan fingerprint density at radius 3 is 3.08 bits per heavy atom. The van der Waals surface area contributed by atoms with E-state index in [-0.39, 0.29) is 18.1 Å². The first-order valence-corrected chi connectivity index (χ1v) is 9.93. The van der Waals surface area contributed by atoms with Gasteiger partial charge < -0.3 is 14.4 Å². The van der Waals surface area contributed by atoms with Crippen LogP contribution in [0.4, 0.5) is 0 Å². The molecule has 0 saturated carbocycles. The highest BCUT2D eigenvalue weighted by atomic mass is 32.1. The molecule has 2 atom stereocenters. The Hall–Kier alpha value is -2.27. The summed E-state index contributed by atoms with van der Waals surface area (Å²) in [6, 6.07) is 8.37. The molecule has 1 saturated heterocycles. The molecule has 0 spiro atoms. The number of carbonyl (C=O) groups excluding carboxylic acids is 1. The maximum atomic E-state index is 12.8. The van der Waals surface area contributed by atoms with Crippen LogP contribution in [-0.4, -0.2) is 30.6 Å². The molecule has 2 aromatic rings. The number of thiophene rings is 1. The van der Waals surface area contributed by atoms with Crippen molar-refractivity contribution in [3.8, 4) is 11.5 Å². The van der Waals surface area contributed by atoms with E-state index in [1.165, 1.54) is 4.88 Å². The third kappa shape index (κ3) is 3.23. The largest absolute Gasteiger partial charge is 0.496 e. The molecule has 0 aliphatic carbocycles. The number of ether oxygens (including phenoxy) is 2. The Kier molecular flexibility index (Phi) is 4.72. The van der Waals surface area contributed by atoms with E-state index in [1.807, 2.05) is 29.2 Å². The van der Waals surface area contributed by atoms with Crippen LogP contribution in [0.3, 0.4) is 0 Å². The highest BCUT2D eigenvalue weighted by Gasteiger charge is 2.29. The summed E-state index contributed by atoms with van der Waals surface area (Å²) in [5.41, 5.74) is 2.04. The van der Waals surface area contributed by atoms with Crippen molar-refractivity contribution in [1.29, 1.82) is 0 Å². The molecule has 4 nitrogen and oxygen atoms in total. The summed E-state index contributed by atoms with van der Waals surface area (Å²) in [6.45, 7) is 2.87. The highest BCUT2D eigenvalue weighted by Crippen LogP contribution is 2.37. The molecule has 5 heteroatoms. The number of fused-ring (bicyclic) bond motifs is 1. The van der Waals surface area contributed by atoms with Gasteiger partial charge in [0.2, 0.25) is 5.91 Å². The minimum Gasteiger partial charge on any atom is -0.496 e. The summed E-state index contributed by atoms with van der Waals surface area (Å²) < 4.78 is 11.3. The lowest BCUT2D eigenvalue weighted by Crippen LogP contribution is -2.28. The summed E-state index contributed by atoms with van der Waals surface area (Å²) >= 11 is 1.72. The van der Waals surface area contributed by atoms with Gasteiger partial charge in [0.1, 0.15) is 17.6 Å². The summed E-state index contributed by atoms with van der Waals surface area (Å²) in [6.07, 6.45) is 6.67. The summed E-state index contributed by atoms with van der Waals surface area (Å²) in [5, 5.41) is 2.07. The monoisotopic (exact) mass is 369 g/mol. The van der Waals surface area contributed by atoms with Gasteiger partial charge in [-0.05, 0) is 49.4 Å². The normalized spacial score (nSPS) is 21.8. The van der Waals surface area contributed by atoms with Crippen molar-refractivity contribution in [1.82, 2.24) is 4.90 Å². The predicted molar refractivity (Wildman–Crippen MR) is 104 cm³/mol. The Morgan fingerprint density at radius 1 is 1.42 bits per heavy atom. The van der Waals surface area contributed by atoms with Gasteiger partial charge in [-0.15, -0.1) is 11.3 Å². The van der Waals surface area contributed by atoms with Crippen LogP contribution in [0.1, 0.15) is 41.8 Å². The lowest BCUT2D eigenvalue weighted by Gasteiger charge is -2.22. The molecule has 1 amide bonds. The number of benzene rings is 1. The van der Waals surface area contributed by atoms with Gasteiger partial charge in [-0.3, -0.25) is 4.79 Å². The van der Waals surface area contributed by atoms with Crippen LogP contribution >= 0.6 is 11.3 Å². The van der Waals surface area contributed by atoms with Gasteiger partial charge in [0.25, 0.3) is 0 Å². The lowest BCUT2D eigenvalue weighted by molar-refractivity contribution is -0.126. The Bertz CT molecular complexity index is 828. The number of hydrogen-bond acceptors (Lipinski definition) is 4. The van der Waals surface area contributed by atoms with Crippen molar-refractivity contribution in [2.45, 2.75) is 38.3 Å². The standard InChI is InChI=1S/C21H23NO3S/c1-14-11-16-13-18(24-2)15(12-19(16)25-14)7-8-21(23)22-9-3-5-17(22)20-6-4-10-26-20/h4,6-8,10,12-14,17H,3,5,9,11H2,1-2H3/b8-7+. The zero-order chi connectivity index (χ0) is 18.1. The fourth-order valence-electron chi connectivity index (χ4n) is 3.83. The molecule has 1 aromatic heterocycles. The maximum Gasteiger partial charge on any atom is 0.247 e. The van der Waals surface area contributed by atoms with Crippen LogP contribution in [-0.2, 0) is 11.2 Å². The number of carbonyl (C=O) groups is 1. The molecule has 0 bridgehead atoms. The zero-order valence-corrected chi connectivity index (χ0v) is 15.9. The van der Waals surface area contributed by atoms with E-state index in [0.717, 1.165) is 48.4 Å². The molecule has 136 valence electrons. The Balaban J connectivity index is 1.54. The van der Waals surface area contributed by atoms with E-state index in [9.17, 15) is 4.79 Å². The van der Waals surface area contributed by atoms with Crippen molar-refractivity contribution in [3.63, 3.8) is 0 Å². The second kappa shape index (κ2) is 7.16. The first-order chi connectivity index (χ1) is 12.7. The molecule has 2 unspecified atom stereocenters. The minimum atomic E-state index is 0.0535. The Morgan fingerprint density at radius 2 is 2.31 bits per heavy atom. The molecule has 2 aliphatic rings. The fraction of sp³-hybridized carbons (Fsp3) is 0.381. The number of likely N-dealkylation sites (tertiary alicyclic amines) is 1. The second-order valence-corrected chi connectivity index (χ2v) is 7.85. The van der Waals surface area contributed by atoms with Crippen molar-refractivity contribution < 1.29 is 14.3 Å². The van der Waals surface area contributed by atoms with E-state index >= 15 is 0 Å². The molecule has 0 radical (unpaired) electrons. The predicted octanol–water partition coefficient (Wildman–Crippen LogP) is 4.46. The quantitative estimate of drug-likeness (QED) is 0.747. The van der Waals surface area contributed by atoms with Crippen molar-refractivity contribution >= 4 is 23.3 Å². The molecule has 0 N–H and O–H groups in total. The smallest absolute Gasteiger partial charge is 0.247 e. The number of hydrogen-bond donors (Lipinski definition) is 0. The number of nitrogens with zero attached hydrogens (tertiary/aromatic N) is 1. The molecular formula is C21H23NO3S. The molecule has 1 fully saturated rings. The van der Waals surface area contributed by atoms with Crippen molar-refractivity contribution in [2.24, 2.45) is 0 Å². The average Bonchev–Trinajstić information content (AvgIpc) is 3.36. The van der Waals surface area contributed by atoms with Crippen LogP contribution < -0.4 is 9.47 Å². The van der Waals surface area contributed by atoms with Gasteiger partial charge in [0, 0.05) is 35.0 Å². The lowest BCUT2D eigenvalue weighted by atomic mass is 10.1. The number of methoxy groups -OCH3 is 1. The van der Waals surface area contributed by atoms with Gasteiger partial charge in [-0.1, -0.05) is 6.07 Å². The molecule has 2 aliphatic heterocycles. The number of rotatable bonds is 4. The van der Waals surface area contributed by atoms with E-state index in [2.05, 4.69) is 18.4 Å². The van der Waals surface area contributed by atoms with Crippen molar-refractivity contribution in [3.05, 3.63) is 51.7 Å². The summed E-state index contributed by atoms with van der Waals surface area (Å²) in [4.78, 5) is 16.0. The maximum absolute atomic E-state index is 12.8. The van der Waals surface area contributed by atoms with Crippen LogP contribution in [0.15, 0.2) is 35.7 Å². The van der Waals surface area contributed by atoms with Crippen LogP contribution in [0.5, 0.6) is 11.5 Å². The van der Waals surface area contributed by atoms with Gasteiger partial charge in [0.15, 0.2) is 0 Å². The van der Waals surface area contributed by atoms with Crippen LogP contribution in [0, 0.1) is 0 Å². The highest BCUT2D eigenvalue weighted by molar-refractivity contribution is 7.10. The Labute approximate surface area is 158 Å². The third-order valence-corrected chi connectivity index (χ3v) is 6.03. The topological polar surface area (TPSA) is 38.8 Å². The van der Waals surface area contributed by atoms with Gasteiger partial charge in [-0.25, -0.2) is 0 Å². The second-order valence-electron chi connectivity index (χ2n) is 6.87. The van der Waals surface area contributed by atoms with Crippen LogP contribution in [0.25, 0.3) is 6.08 Å². The van der Waals surface area contributed by atoms with Crippen LogP contribution in [0.2, 0.25) is 0 Å². The summed E-state index contributed by atoms with van der Waals surface area (Å²) in [5.74, 6) is 1.72. The fourth-order valence-corrected chi connectivity index (χ4v) is 4.70. The van der Waals surface area contributed by atoms with E-state index in [1.54, 1.807) is 24.5 Å². The molecular weight excluding hydrogens is 346 g/mol. The molecule has 26 heavy (non-hydrogen) atoms.